The number of anilines is 1. The summed E-state index contributed by atoms with van der Waals surface area (Å²) in [7, 11) is 3.98. The molecule has 0 aliphatic heterocycles. The molecule has 0 aliphatic rings. The standard InChI is InChI=1S/C18H21ClN2O2/c1-13(23-17-6-4-5-15(19)11-17)18(22)20-12-14-7-9-16(10-8-14)21(2)3/h4-11,13H,12H2,1-3H3,(H,20,22). The van der Waals surface area contributed by atoms with E-state index < -0.39 is 6.10 Å². The molecule has 122 valence electrons. The zero-order chi connectivity index (χ0) is 16.8. The van der Waals surface area contributed by atoms with Gasteiger partial charge in [0, 0.05) is 31.4 Å². The monoisotopic (exact) mass is 332 g/mol. The number of hydrogen-bond acceptors (Lipinski definition) is 3. The van der Waals surface area contributed by atoms with Gasteiger partial charge in [-0.15, -0.1) is 0 Å². The molecule has 2 rings (SSSR count). The zero-order valence-corrected chi connectivity index (χ0v) is 14.3. The van der Waals surface area contributed by atoms with Crippen molar-refractivity contribution in [2.75, 3.05) is 19.0 Å². The van der Waals surface area contributed by atoms with Crippen molar-refractivity contribution in [3.05, 3.63) is 59.1 Å². The van der Waals surface area contributed by atoms with Crippen LogP contribution in [0.2, 0.25) is 5.02 Å². The average Bonchev–Trinajstić information content (AvgIpc) is 2.53. The van der Waals surface area contributed by atoms with Gasteiger partial charge in [-0.05, 0) is 42.8 Å². The first-order valence-electron chi connectivity index (χ1n) is 7.42. The number of nitrogens with zero attached hydrogens (tertiary/aromatic N) is 1. The second kappa shape index (κ2) is 7.88. The van der Waals surface area contributed by atoms with E-state index >= 15 is 0 Å². The second-order valence-electron chi connectivity index (χ2n) is 5.50. The van der Waals surface area contributed by atoms with Crippen LogP contribution in [0, 0.1) is 0 Å². The van der Waals surface area contributed by atoms with E-state index in [1.165, 1.54) is 0 Å². The van der Waals surface area contributed by atoms with Crippen molar-refractivity contribution in [2.24, 2.45) is 0 Å². The van der Waals surface area contributed by atoms with E-state index in [1.807, 2.05) is 43.3 Å². The second-order valence-corrected chi connectivity index (χ2v) is 5.93. The van der Waals surface area contributed by atoms with Crippen LogP contribution in [-0.4, -0.2) is 26.1 Å². The highest BCUT2D eigenvalue weighted by Gasteiger charge is 2.14. The Bertz CT molecular complexity index is 656. The molecule has 1 unspecified atom stereocenters. The van der Waals surface area contributed by atoms with E-state index in [1.54, 1.807) is 31.2 Å². The molecule has 1 N–H and O–H groups in total. The summed E-state index contributed by atoms with van der Waals surface area (Å²) in [6, 6.07) is 15.0. The summed E-state index contributed by atoms with van der Waals surface area (Å²) >= 11 is 5.90. The molecule has 0 saturated carbocycles. The van der Waals surface area contributed by atoms with Gasteiger partial charge in [-0.25, -0.2) is 0 Å². The Labute approximate surface area is 142 Å². The molecule has 2 aromatic carbocycles. The number of rotatable bonds is 6. The van der Waals surface area contributed by atoms with Gasteiger partial charge in [-0.3, -0.25) is 4.79 Å². The molecular formula is C18H21ClN2O2. The Balaban J connectivity index is 1.86. The highest BCUT2D eigenvalue weighted by Crippen LogP contribution is 2.18. The summed E-state index contributed by atoms with van der Waals surface area (Å²) in [6.45, 7) is 2.18. The molecule has 0 radical (unpaired) electrons. The van der Waals surface area contributed by atoms with Crippen molar-refractivity contribution in [3.63, 3.8) is 0 Å². The molecule has 23 heavy (non-hydrogen) atoms. The Hall–Kier alpha value is -2.20. The zero-order valence-electron chi connectivity index (χ0n) is 13.5. The van der Waals surface area contributed by atoms with Crippen LogP contribution in [0.4, 0.5) is 5.69 Å². The molecule has 0 saturated heterocycles. The van der Waals surface area contributed by atoms with Crippen molar-refractivity contribution >= 4 is 23.2 Å². The Morgan fingerprint density at radius 1 is 1.22 bits per heavy atom. The highest BCUT2D eigenvalue weighted by atomic mass is 35.5. The van der Waals surface area contributed by atoms with Crippen molar-refractivity contribution < 1.29 is 9.53 Å². The maximum Gasteiger partial charge on any atom is 0.261 e. The predicted molar refractivity (Wildman–Crippen MR) is 94.2 cm³/mol. The van der Waals surface area contributed by atoms with Gasteiger partial charge in [0.05, 0.1) is 0 Å². The minimum atomic E-state index is -0.588. The Kier molecular flexibility index (Phi) is 5.88. The summed E-state index contributed by atoms with van der Waals surface area (Å²) in [6.07, 6.45) is -0.588. The van der Waals surface area contributed by atoms with Crippen molar-refractivity contribution in [1.82, 2.24) is 5.32 Å². The summed E-state index contributed by atoms with van der Waals surface area (Å²) in [4.78, 5) is 14.1. The smallest absolute Gasteiger partial charge is 0.261 e. The van der Waals surface area contributed by atoms with E-state index in [4.69, 9.17) is 16.3 Å². The number of benzene rings is 2. The van der Waals surface area contributed by atoms with Crippen LogP contribution < -0.4 is 15.0 Å². The molecule has 4 nitrogen and oxygen atoms in total. The number of carbonyl (C=O) groups excluding carboxylic acids is 1. The number of hydrogen-bond donors (Lipinski definition) is 1. The lowest BCUT2D eigenvalue weighted by atomic mass is 10.2. The van der Waals surface area contributed by atoms with E-state index in [-0.39, 0.29) is 5.91 Å². The molecule has 0 aromatic heterocycles. The van der Waals surface area contributed by atoms with Gasteiger partial charge in [-0.1, -0.05) is 29.8 Å². The maximum absolute atomic E-state index is 12.1. The first-order valence-corrected chi connectivity index (χ1v) is 7.79. The number of halogens is 1. The lowest BCUT2D eigenvalue weighted by molar-refractivity contribution is -0.127. The first-order chi connectivity index (χ1) is 11.0. The lowest BCUT2D eigenvalue weighted by Gasteiger charge is -2.16. The SMILES string of the molecule is CC(Oc1cccc(Cl)c1)C(=O)NCc1ccc(N(C)C)cc1. The minimum absolute atomic E-state index is 0.165. The molecule has 0 spiro atoms. The van der Waals surface area contributed by atoms with Crippen LogP contribution in [-0.2, 0) is 11.3 Å². The summed E-state index contributed by atoms with van der Waals surface area (Å²) in [5, 5.41) is 3.45. The summed E-state index contributed by atoms with van der Waals surface area (Å²) < 4.78 is 5.59. The number of carbonyl (C=O) groups is 1. The van der Waals surface area contributed by atoms with Gasteiger partial charge in [-0.2, -0.15) is 0 Å². The first kappa shape index (κ1) is 17.2. The Morgan fingerprint density at radius 3 is 2.52 bits per heavy atom. The number of ether oxygens (including phenoxy) is 1. The summed E-state index contributed by atoms with van der Waals surface area (Å²) in [5.41, 5.74) is 2.16. The van der Waals surface area contributed by atoms with Crippen LogP contribution in [0.25, 0.3) is 0 Å². The molecule has 0 heterocycles. The maximum atomic E-state index is 12.1. The van der Waals surface area contributed by atoms with Crippen molar-refractivity contribution in [1.29, 1.82) is 0 Å². The fourth-order valence-corrected chi connectivity index (χ4v) is 2.22. The third kappa shape index (κ3) is 5.18. The molecule has 0 fully saturated rings. The summed E-state index contributed by atoms with van der Waals surface area (Å²) in [5.74, 6) is 0.414. The Morgan fingerprint density at radius 2 is 1.91 bits per heavy atom. The van der Waals surface area contributed by atoms with Gasteiger partial charge >= 0.3 is 0 Å². The fraction of sp³-hybridized carbons (Fsp3) is 0.278. The van der Waals surface area contributed by atoms with Crippen molar-refractivity contribution in [3.8, 4) is 5.75 Å². The normalized spacial score (nSPS) is 11.7. The van der Waals surface area contributed by atoms with E-state index in [9.17, 15) is 4.79 Å². The van der Waals surface area contributed by atoms with Gasteiger partial charge in [0.1, 0.15) is 5.75 Å². The van der Waals surface area contributed by atoms with E-state index in [0.29, 0.717) is 17.3 Å². The van der Waals surface area contributed by atoms with Crippen LogP contribution in [0.5, 0.6) is 5.75 Å². The fourth-order valence-electron chi connectivity index (χ4n) is 2.04. The van der Waals surface area contributed by atoms with Crippen molar-refractivity contribution in [2.45, 2.75) is 19.6 Å². The molecule has 2 aromatic rings. The number of amides is 1. The van der Waals surface area contributed by atoms with Crippen LogP contribution >= 0.6 is 11.6 Å². The predicted octanol–water partition coefficient (Wildman–Crippen LogP) is 3.49. The highest BCUT2D eigenvalue weighted by molar-refractivity contribution is 6.30. The van der Waals surface area contributed by atoms with Crippen LogP contribution in [0.3, 0.4) is 0 Å². The van der Waals surface area contributed by atoms with Gasteiger partial charge in [0.25, 0.3) is 5.91 Å². The molecule has 1 amide bonds. The van der Waals surface area contributed by atoms with Gasteiger partial charge < -0.3 is 15.0 Å². The lowest BCUT2D eigenvalue weighted by Crippen LogP contribution is -2.35. The van der Waals surface area contributed by atoms with Crippen LogP contribution in [0.1, 0.15) is 12.5 Å². The van der Waals surface area contributed by atoms with E-state index in [2.05, 4.69) is 5.32 Å². The molecule has 5 heteroatoms. The number of nitrogens with one attached hydrogen (secondary N) is 1. The molecule has 0 bridgehead atoms. The third-order valence-electron chi connectivity index (χ3n) is 3.40. The largest absolute Gasteiger partial charge is 0.481 e. The van der Waals surface area contributed by atoms with Gasteiger partial charge in [0.15, 0.2) is 6.10 Å². The average molecular weight is 333 g/mol. The van der Waals surface area contributed by atoms with Gasteiger partial charge in [0.2, 0.25) is 0 Å². The molecule has 0 aliphatic carbocycles. The molecule has 1 atom stereocenters. The topological polar surface area (TPSA) is 41.6 Å². The van der Waals surface area contributed by atoms with Crippen LogP contribution in [0.15, 0.2) is 48.5 Å². The minimum Gasteiger partial charge on any atom is -0.481 e. The molecular weight excluding hydrogens is 312 g/mol. The quantitative estimate of drug-likeness (QED) is 0.880. The van der Waals surface area contributed by atoms with E-state index in [0.717, 1.165) is 11.3 Å². The third-order valence-corrected chi connectivity index (χ3v) is 3.63.